The van der Waals surface area contributed by atoms with E-state index in [2.05, 4.69) is 72.3 Å². The highest BCUT2D eigenvalue weighted by molar-refractivity contribution is 6.40. The van der Waals surface area contributed by atoms with Crippen LogP contribution < -0.4 is 5.53 Å². The Morgan fingerprint density at radius 3 is 1.65 bits per heavy atom. The van der Waals surface area contributed by atoms with Crippen LogP contribution in [-0.4, -0.2) is 10.2 Å². The summed E-state index contributed by atoms with van der Waals surface area (Å²) in [4.78, 5) is 0. The molecule has 0 amide bonds. The first-order valence-electron chi connectivity index (χ1n) is 10.1. The Labute approximate surface area is 187 Å². The highest BCUT2D eigenvalue weighted by Crippen LogP contribution is 2.37. The Kier molecular flexibility index (Phi) is 5.26. The SMILES string of the molecule is ClN1NN=C(c2ccccc2-c2ccccc2)C(c2ccccc2)=C1c1ccccc1. The van der Waals surface area contributed by atoms with Crippen LogP contribution >= 0.6 is 11.8 Å². The molecule has 0 aliphatic carbocycles. The largest absolute Gasteiger partial charge is 0.203 e. The molecule has 3 nitrogen and oxygen atoms in total. The number of hydrogen-bond donors (Lipinski definition) is 1. The summed E-state index contributed by atoms with van der Waals surface area (Å²) in [6, 6.07) is 39.1. The van der Waals surface area contributed by atoms with Gasteiger partial charge in [0.05, 0.1) is 5.70 Å². The van der Waals surface area contributed by atoms with Crippen LogP contribution in [0.2, 0.25) is 0 Å². The number of benzene rings is 4. The third-order valence-corrected chi connectivity index (χ3v) is 5.54. The van der Waals surface area contributed by atoms with Gasteiger partial charge < -0.3 is 0 Å². The van der Waals surface area contributed by atoms with Gasteiger partial charge in [0.1, 0.15) is 5.71 Å². The lowest BCUT2D eigenvalue weighted by Crippen LogP contribution is -2.32. The molecular formula is C27H20ClN3. The maximum absolute atomic E-state index is 6.63. The average Bonchev–Trinajstić information content (AvgIpc) is 2.85. The van der Waals surface area contributed by atoms with E-state index < -0.39 is 0 Å². The summed E-state index contributed by atoms with van der Waals surface area (Å²) in [6.07, 6.45) is 0. The van der Waals surface area contributed by atoms with Crippen molar-refractivity contribution in [2.45, 2.75) is 0 Å². The summed E-state index contributed by atoms with van der Waals surface area (Å²) >= 11 is 6.63. The molecule has 0 saturated heterocycles. The van der Waals surface area contributed by atoms with Gasteiger partial charge in [-0.3, -0.25) is 0 Å². The second-order valence-electron chi connectivity index (χ2n) is 7.21. The fourth-order valence-corrected chi connectivity index (χ4v) is 4.12. The minimum atomic E-state index is 0.849. The highest BCUT2D eigenvalue weighted by atomic mass is 35.5. The van der Waals surface area contributed by atoms with Gasteiger partial charge in [-0.25, -0.2) is 5.53 Å². The summed E-state index contributed by atoms with van der Waals surface area (Å²) in [5.74, 6) is 0. The smallest absolute Gasteiger partial charge is 0.103 e. The molecule has 31 heavy (non-hydrogen) atoms. The van der Waals surface area contributed by atoms with Crippen molar-refractivity contribution in [3.8, 4) is 11.1 Å². The van der Waals surface area contributed by atoms with E-state index in [1.807, 2.05) is 48.5 Å². The molecule has 150 valence electrons. The maximum atomic E-state index is 6.63. The third-order valence-electron chi connectivity index (χ3n) is 5.30. The molecule has 1 aliphatic rings. The van der Waals surface area contributed by atoms with E-state index in [0.717, 1.165) is 44.8 Å². The molecule has 0 saturated carbocycles. The predicted molar refractivity (Wildman–Crippen MR) is 129 cm³/mol. The number of allylic oxidation sites excluding steroid dienone is 1. The number of nitrogens with zero attached hydrogens (tertiary/aromatic N) is 2. The molecular weight excluding hydrogens is 402 g/mol. The van der Waals surface area contributed by atoms with Gasteiger partial charge in [0.2, 0.25) is 0 Å². The lowest BCUT2D eigenvalue weighted by atomic mass is 9.88. The summed E-state index contributed by atoms with van der Waals surface area (Å²) in [7, 11) is 0. The fraction of sp³-hybridized carbons (Fsp3) is 0. The van der Waals surface area contributed by atoms with Crippen LogP contribution in [0.25, 0.3) is 22.4 Å². The molecule has 0 atom stereocenters. The molecule has 0 spiro atoms. The summed E-state index contributed by atoms with van der Waals surface area (Å²) in [5, 5.41) is 4.70. The molecule has 0 unspecified atom stereocenters. The summed E-state index contributed by atoms with van der Waals surface area (Å²) in [6.45, 7) is 0. The first-order chi connectivity index (χ1) is 15.3. The number of hydrazine groups is 1. The zero-order chi connectivity index (χ0) is 21.0. The molecule has 4 aromatic carbocycles. The Morgan fingerprint density at radius 2 is 1.03 bits per heavy atom. The van der Waals surface area contributed by atoms with E-state index in [9.17, 15) is 0 Å². The zero-order valence-electron chi connectivity index (χ0n) is 16.7. The Bertz CT molecular complexity index is 1250. The first kappa shape index (κ1) is 19.2. The minimum Gasteiger partial charge on any atom is -0.203 e. The van der Waals surface area contributed by atoms with Crippen molar-refractivity contribution in [3.63, 3.8) is 0 Å². The Hall–Kier alpha value is -3.82. The van der Waals surface area contributed by atoms with Crippen LogP contribution in [0.4, 0.5) is 0 Å². The van der Waals surface area contributed by atoms with Crippen molar-refractivity contribution in [2.24, 2.45) is 5.10 Å². The number of halogens is 1. The number of hydrogen-bond acceptors (Lipinski definition) is 3. The molecule has 1 aliphatic heterocycles. The Morgan fingerprint density at radius 1 is 0.548 bits per heavy atom. The van der Waals surface area contributed by atoms with Gasteiger partial charge in [-0.15, -0.1) is 0 Å². The van der Waals surface area contributed by atoms with Gasteiger partial charge in [-0.05, 0) is 16.7 Å². The molecule has 5 rings (SSSR count). The molecule has 0 radical (unpaired) electrons. The normalized spacial score (nSPS) is 13.6. The number of hydrazone groups is 1. The van der Waals surface area contributed by atoms with Crippen LogP contribution in [0.15, 0.2) is 120 Å². The van der Waals surface area contributed by atoms with Crippen LogP contribution in [0, 0.1) is 0 Å². The van der Waals surface area contributed by atoms with Crippen molar-refractivity contribution in [3.05, 3.63) is 132 Å². The predicted octanol–water partition coefficient (Wildman–Crippen LogP) is 6.60. The lowest BCUT2D eigenvalue weighted by Gasteiger charge is -2.29. The molecule has 1 N–H and O–H groups in total. The number of nitrogens with one attached hydrogen (secondary N) is 1. The van der Waals surface area contributed by atoms with Gasteiger partial charge in [0.15, 0.2) is 0 Å². The van der Waals surface area contributed by atoms with Crippen molar-refractivity contribution < 1.29 is 0 Å². The quantitative estimate of drug-likeness (QED) is 0.376. The van der Waals surface area contributed by atoms with E-state index in [0.29, 0.717) is 0 Å². The van der Waals surface area contributed by atoms with Crippen molar-refractivity contribution in [1.82, 2.24) is 10.1 Å². The summed E-state index contributed by atoms with van der Waals surface area (Å²) < 4.78 is 1.46. The van der Waals surface area contributed by atoms with Crippen LogP contribution in [0.1, 0.15) is 16.7 Å². The second kappa shape index (κ2) is 8.50. The standard InChI is InChI=1S/C27H20ClN3/c28-31-27(22-16-8-3-9-17-22)25(21-14-6-2-7-15-21)26(29-30-31)24-19-11-10-18-23(24)20-12-4-1-5-13-20/h1-19,30H. The topological polar surface area (TPSA) is 27.6 Å². The second-order valence-corrected chi connectivity index (χ2v) is 7.55. The van der Waals surface area contributed by atoms with E-state index >= 15 is 0 Å². The lowest BCUT2D eigenvalue weighted by molar-refractivity contribution is 0.472. The average molecular weight is 422 g/mol. The fourth-order valence-electron chi connectivity index (χ4n) is 3.90. The monoisotopic (exact) mass is 421 g/mol. The van der Waals surface area contributed by atoms with Crippen molar-refractivity contribution in [2.75, 3.05) is 0 Å². The van der Waals surface area contributed by atoms with Crippen molar-refractivity contribution in [1.29, 1.82) is 0 Å². The molecule has 4 aromatic rings. The molecule has 0 aromatic heterocycles. The molecule has 1 heterocycles. The Balaban J connectivity index is 1.78. The van der Waals surface area contributed by atoms with Gasteiger partial charge in [-0.2, -0.15) is 9.63 Å². The van der Waals surface area contributed by atoms with E-state index in [-0.39, 0.29) is 0 Å². The van der Waals surface area contributed by atoms with E-state index in [4.69, 9.17) is 16.9 Å². The van der Waals surface area contributed by atoms with Gasteiger partial charge >= 0.3 is 0 Å². The van der Waals surface area contributed by atoms with Crippen LogP contribution in [-0.2, 0) is 0 Å². The molecule has 0 bridgehead atoms. The number of rotatable bonds is 4. The maximum Gasteiger partial charge on any atom is 0.103 e. The van der Waals surface area contributed by atoms with Gasteiger partial charge in [0.25, 0.3) is 0 Å². The zero-order valence-corrected chi connectivity index (χ0v) is 17.5. The van der Waals surface area contributed by atoms with Gasteiger partial charge in [0, 0.05) is 28.5 Å². The third kappa shape index (κ3) is 3.72. The van der Waals surface area contributed by atoms with Gasteiger partial charge in [-0.1, -0.05) is 115 Å². The van der Waals surface area contributed by atoms with E-state index in [1.54, 1.807) is 0 Å². The highest BCUT2D eigenvalue weighted by Gasteiger charge is 2.27. The van der Waals surface area contributed by atoms with Crippen LogP contribution in [0.3, 0.4) is 0 Å². The summed E-state index contributed by atoms with van der Waals surface area (Å²) in [5.41, 5.74) is 11.0. The first-order valence-corrected chi connectivity index (χ1v) is 10.5. The van der Waals surface area contributed by atoms with Crippen molar-refractivity contribution >= 4 is 28.8 Å². The van der Waals surface area contributed by atoms with Crippen LogP contribution in [0.5, 0.6) is 0 Å². The molecule has 0 fully saturated rings. The minimum absolute atomic E-state index is 0.849. The molecule has 4 heteroatoms. The van der Waals surface area contributed by atoms with E-state index in [1.165, 1.54) is 4.53 Å².